The molecule has 0 aromatic carbocycles. The molecule has 1 saturated carbocycles. The van der Waals surface area contributed by atoms with Crippen molar-refractivity contribution in [2.45, 2.75) is 25.3 Å². The van der Waals surface area contributed by atoms with Crippen molar-refractivity contribution in [3.8, 4) is 0 Å². The molecule has 0 spiro atoms. The number of nitrogens with zero attached hydrogens (tertiary/aromatic N) is 3. The summed E-state index contributed by atoms with van der Waals surface area (Å²) in [7, 11) is 0. The first kappa shape index (κ1) is 12.7. The van der Waals surface area contributed by atoms with Crippen molar-refractivity contribution < 1.29 is 4.79 Å². The Morgan fingerprint density at radius 3 is 2.95 bits per heavy atom. The van der Waals surface area contributed by atoms with Crippen molar-refractivity contribution in [3.63, 3.8) is 0 Å². The number of hydrogen-bond acceptors (Lipinski definition) is 5. The Hall–Kier alpha value is -0.980. The van der Waals surface area contributed by atoms with E-state index in [4.69, 9.17) is 11.6 Å². The Kier molecular flexibility index (Phi) is 3.05. The minimum Gasteiger partial charge on any atom is -0.329 e. The minimum absolute atomic E-state index is 0.0249. The van der Waals surface area contributed by atoms with Gasteiger partial charge in [-0.3, -0.25) is 4.79 Å². The lowest BCUT2D eigenvalue weighted by Crippen LogP contribution is -2.40. The first-order valence-corrected chi connectivity index (χ1v) is 8.67. The fourth-order valence-electron chi connectivity index (χ4n) is 2.91. The summed E-state index contributed by atoms with van der Waals surface area (Å²) in [6.07, 6.45) is 3.36. The summed E-state index contributed by atoms with van der Waals surface area (Å²) in [4.78, 5) is 16.1. The Bertz CT molecular complexity index is 664. The van der Waals surface area contributed by atoms with Gasteiger partial charge < -0.3 is 4.90 Å². The Morgan fingerprint density at radius 2 is 2.25 bits per heavy atom. The molecule has 4 rings (SSSR count). The Balaban J connectivity index is 1.69. The summed E-state index contributed by atoms with van der Waals surface area (Å²) in [5.74, 6) is 0.583. The average Bonchev–Trinajstić information content (AvgIpc) is 3.00. The monoisotopic (exact) mass is 325 g/mol. The Morgan fingerprint density at radius 1 is 1.40 bits per heavy atom. The van der Waals surface area contributed by atoms with Crippen LogP contribution >= 0.6 is 34.3 Å². The zero-order valence-electron chi connectivity index (χ0n) is 10.6. The normalized spacial score (nSPS) is 21.9. The number of aromatic nitrogens is 2. The van der Waals surface area contributed by atoms with E-state index in [0.717, 1.165) is 24.3 Å². The number of fused-ring (bicyclic) bond motifs is 1. The number of hydrogen-bond donors (Lipinski definition) is 0. The standard InChI is InChI=1S/C13H12ClN3OS2/c14-13-16-15-11(20-13)12(18)17-5-3-9-8(4-6-19-9)10(17)7-1-2-7/h4,6-7,10H,1-3,5H2. The Labute approximate surface area is 129 Å². The maximum atomic E-state index is 12.7. The van der Waals surface area contributed by atoms with Gasteiger partial charge in [-0.15, -0.1) is 21.5 Å². The molecule has 0 bridgehead atoms. The summed E-state index contributed by atoms with van der Waals surface area (Å²) in [5.41, 5.74) is 1.34. The molecule has 104 valence electrons. The highest BCUT2D eigenvalue weighted by molar-refractivity contribution is 7.17. The van der Waals surface area contributed by atoms with E-state index >= 15 is 0 Å². The molecule has 1 amide bonds. The van der Waals surface area contributed by atoms with Crippen LogP contribution in [0.3, 0.4) is 0 Å². The summed E-state index contributed by atoms with van der Waals surface area (Å²) >= 11 is 8.76. The molecule has 20 heavy (non-hydrogen) atoms. The summed E-state index contributed by atoms with van der Waals surface area (Å²) in [6.45, 7) is 0.769. The van der Waals surface area contributed by atoms with Crippen molar-refractivity contribution in [2.24, 2.45) is 5.92 Å². The molecular weight excluding hydrogens is 314 g/mol. The van der Waals surface area contributed by atoms with E-state index in [1.807, 2.05) is 4.90 Å². The smallest absolute Gasteiger partial charge is 0.285 e. The van der Waals surface area contributed by atoms with Crippen LogP contribution in [-0.4, -0.2) is 27.5 Å². The molecule has 4 nitrogen and oxygen atoms in total. The lowest BCUT2D eigenvalue weighted by Gasteiger charge is -2.35. The first-order valence-electron chi connectivity index (χ1n) is 6.60. The number of rotatable bonds is 2. The molecule has 1 fully saturated rings. The van der Waals surface area contributed by atoms with Crippen molar-refractivity contribution >= 4 is 40.2 Å². The van der Waals surface area contributed by atoms with Crippen LogP contribution in [-0.2, 0) is 6.42 Å². The van der Waals surface area contributed by atoms with Crippen LogP contribution in [0.15, 0.2) is 11.4 Å². The highest BCUT2D eigenvalue weighted by Crippen LogP contribution is 2.48. The SMILES string of the molecule is O=C(c1nnc(Cl)s1)N1CCc2sccc2C1C1CC1. The number of thiophene rings is 1. The molecule has 2 aromatic rings. The van der Waals surface area contributed by atoms with Gasteiger partial charge in [0.2, 0.25) is 9.47 Å². The number of carbonyl (C=O) groups excluding carboxylic acids is 1. The van der Waals surface area contributed by atoms with Crippen LogP contribution in [0.2, 0.25) is 4.47 Å². The molecule has 2 aromatic heterocycles. The summed E-state index contributed by atoms with van der Waals surface area (Å²) < 4.78 is 0.324. The second kappa shape index (κ2) is 4.79. The summed E-state index contributed by atoms with van der Waals surface area (Å²) in [6, 6.07) is 2.40. The first-order chi connectivity index (χ1) is 9.74. The van der Waals surface area contributed by atoms with Gasteiger partial charge in [0.1, 0.15) is 0 Å². The zero-order chi connectivity index (χ0) is 13.7. The third-order valence-electron chi connectivity index (χ3n) is 3.93. The van der Waals surface area contributed by atoms with Crippen LogP contribution in [0.25, 0.3) is 0 Å². The second-order valence-corrected chi connectivity index (χ2v) is 7.75. The molecule has 2 aliphatic rings. The van der Waals surface area contributed by atoms with Crippen molar-refractivity contribution in [1.82, 2.24) is 15.1 Å². The van der Waals surface area contributed by atoms with Gasteiger partial charge in [0.05, 0.1) is 6.04 Å². The molecule has 1 aliphatic carbocycles. The molecule has 0 radical (unpaired) electrons. The van der Waals surface area contributed by atoms with E-state index in [0.29, 0.717) is 15.4 Å². The van der Waals surface area contributed by atoms with Gasteiger partial charge in [-0.2, -0.15) is 0 Å². The van der Waals surface area contributed by atoms with Gasteiger partial charge in [-0.1, -0.05) is 11.3 Å². The van der Waals surface area contributed by atoms with Crippen LogP contribution in [0, 0.1) is 5.92 Å². The van der Waals surface area contributed by atoms with Crippen molar-refractivity contribution in [1.29, 1.82) is 0 Å². The van der Waals surface area contributed by atoms with Crippen LogP contribution in [0.4, 0.5) is 0 Å². The van der Waals surface area contributed by atoms with Gasteiger partial charge in [-0.05, 0) is 53.8 Å². The molecule has 0 saturated heterocycles. The van der Waals surface area contributed by atoms with Gasteiger partial charge in [0.15, 0.2) is 0 Å². The van der Waals surface area contributed by atoms with Gasteiger partial charge >= 0.3 is 0 Å². The van der Waals surface area contributed by atoms with Gasteiger partial charge in [0, 0.05) is 11.4 Å². The van der Waals surface area contributed by atoms with Crippen LogP contribution < -0.4 is 0 Å². The third-order valence-corrected chi connectivity index (χ3v) is 5.93. The molecule has 1 unspecified atom stereocenters. The maximum absolute atomic E-state index is 12.7. The second-order valence-electron chi connectivity index (χ2n) is 5.19. The van der Waals surface area contributed by atoms with Crippen LogP contribution in [0.1, 0.15) is 39.1 Å². The van der Waals surface area contributed by atoms with Crippen LogP contribution in [0.5, 0.6) is 0 Å². The van der Waals surface area contributed by atoms with E-state index in [1.165, 1.54) is 23.3 Å². The number of carbonyl (C=O) groups is 1. The lowest BCUT2D eigenvalue weighted by molar-refractivity contribution is 0.0636. The maximum Gasteiger partial charge on any atom is 0.285 e. The fourth-order valence-corrected chi connectivity index (χ4v) is 4.61. The van der Waals surface area contributed by atoms with Crippen molar-refractivity contribution in [3.05, 3.63) is 31.4 Å². The largest absolute Gasteiger partial charge is 0.329 e. The topological polar surface area (TPSA) is 46.1 Å². The van der Waals surface area contributed by atoms with Gasteiger partial charge in [0.25, 0.3) is 5.91 Å². The molecule has 7 heteroatoms. The van der Waals surface area contributed by atoms with Gasteiger partial charge in [-0.25, -0.2) is 0 Å². The van der Waals surface area contributed by atoms with E-state index in [-0.39, 0.29) is 11.9 Å². The van der Waals surface area contributed by atoms with E-state index in [9.17, 15) is 4.79 Å². The predicted molar refractivity (Wildman–Crippen MR) is 79.4 cm³/mol. The van der Waals surface area contributed by atoms with E-state index < -0.39 is 0 Å². The highest BCUT2D eigenvalue weighted by Gasteiger charge is 2.42. The lowest BCUT2D eigenvalue weighted by atomic mass is 9.96. The highest BCUT2D eigenvalue weighted by atomic mass is 35.5. The molecule has 0 N–H and O–H groups in total. The molecule has 1 aliphatic heterocycles. The quantitative estimate of drug-likeness (QED) is 0.850. The van der Waals surface area contributed by atoms with Crippen molar-refractivity contribution in [2.75, 3.05) is 6.54 Å². The molecule has 3 heterocycles. The van der Waals surface area contributed by atoms with E-state index in [1.54, 1.807) is 11.3 Å². The molecular formula is C13H12ClN3OS2. The average molecular weight is 326 g/mol. The number of halogens is 1. The zero-order valence-corrected chi connectivity index (χ0v) is 13.0. The fraction of sp³-hybridized carbons (Fsp3) is 0.462. The predicted octanol–water partition coefficient (Wildman–Crippen LogP) is 3.40. The summed E-state index contributed by atoms with van der Waals surface area (Å²) in [5, 5.41) is 10.2. The minimum atomic E-state index is -0.0249. The molecule has 1 atom stereocenters. The number of amides is 1. The third kappa shape index (κ3) is 2.06. The van der Waals surface area contributed by atoms with E-state index in [2.05, 4.69) is 21.6 Å².